The van der Waals surface area contributed by atoms with Crippen molar-refractivity contribution in [1.29, 1.82) is 0 Å². The van der Waals surface area contributed by atoms with Crippen LogP contribution >= 0.6 is 0 Å². The summed E-state index contributed by atoms with van der Waals surface area (Å²) in [5, 5.41) is 9.25. The quantitative estimate of drug-likeness (QED) is 0.703. The molecule has 2 nitrogen and oxygen atoms in total. The van der Waals surface area contributed by atoms with Crippen molar-refractivity contribution in [3.8, 4) is 0 Å². The number of aliphatic hydroxyl groups is 1. The topological polar surface area (TPSA) is 46.2 Å². The molecule has 0 amide bonds. The third-order valence-corrected chi connectivity index (χ3v) is 3.22. The minimum absolute atomic E-state index is 0.115. The van der Waals surface area contributed by atoms with E-state index in [4.69, 9.17) is 5.73 Å². The van der Waals surface area contributed by atoms with Crippen LogP contribution in [0.2, 0.25) is 0 Å². The van der Waals surface area contributed by atoms with E-state index in [0.717, 1.165) is 24.8 Å². The van der Waals surface area contributed by atoms with Gasteiger partial charge >= 0.3 is 0 Å². The Morgan fingerprint density at radius 2 is 1.77 bits per heavy atom. The van der Waals surface area contributed by atoms with E-state index in [2.05, 4.69) is 0 Å². The zero-order valence-electron chi connectivity index (χ0n) is 8.71. The van der Waals surface area contributed by atoms with Crippen LogP contribution in [-0.2, 0) is 0 Å². The Kier molecular flexibility index (Phi) is 4.74. The van der Waals surface area contributed by atoms with Gasteiger partial charge in [-0.1, -0.05) is 25.7 Å². The van der Waals surface area contributed by atoms with E-state index in [1.165, 1.54) is 32.1 Å². The summed E-state index contributed by atoms with van der Waals surface area (Å²) in [5.74, 6) is 1.64. The van der Waals surface area contributed by atoms with Crippen molar-refractivity contribution in [2.45, 2.75) is 51.6 Å². The molecule has 1 atom stereocenters. The van der Waals surface area contributed by atoms with Crippen LogP contribution in [0.3, 0.4) is 0 Å². The molecule has 1 unspecified atom stereocenters. The predicted molar refractivity (Wildman–Crippen MR) is 55.4 cm³/mol. The van der Waals surface area contributed by atoms with Crippen LogP contribution in [0, 0.1) is 11.8 Å². The zero-order chi connectivity index (χ0) is 9.68. The van der Waals surface area contributed by atoms with E-state index in [-0.39, 0.29) is 6.10 Å². The highest BCUT2D eigenvalue weighted by molar-refractivity contribution is 4.73. The molecule has 0 bridgehead atoms. The van der Waals surface area contributed by atoms with E-state index in [1.807, 2.05) is 6.92 Å². The molecule has 0 aliphatic heterocycles. The highest BCUT2D eigenvalue weighted by Crippen LogP contribution is 2.32. The Bertz CT molecular complexity index is 128. The number of rotatable bonds is 4. The van der Waals surface area contributed by atoms with Crippen molar-refractivity contribution < 1.29 is 5.11 Å². The van der Waals surface area contributed by atoms with Gasteiger partial charge in [0.1, 0.15) is 0 Å². The molecule has 0 spiro atoms. The van der Waals surface area contributed by atoms with Gasteiger partial charge in [-0.25, -0.2) is 0 Å². The molecule has 0 aromatic rings. The molecule has 0 saturated heterocycles. The molecule has 1 fully saturated rings. The second-order valence-electron chi connectivity index (χ2n) is 4.55. The molecule has 2 heteroatoms. The minimum atomic E-state index is -0.115. The smallest absolute Gasteiger partial charge is 0.0514 e. The van der Waals surface area contributed by atoms with Gasteiger partial charge in [0.25, 0.3) is 0 Å². The SMILES string of the molecule is CC(O)CC1CCC(CCN)CC1. The van der Waals surface area contributed by atoms with Crippen LogP contribution in [0.5, 0.6) is 0 Å². The summed E-state index contributed by atoms with van der Waals surface area (Å²) in [5.41, 5.74) is 5.53. The standard InChI is InChI=1S/C11H23NO/c1-9(13)8-11-4-2-10(3-5-11)6-7-12/h9-11,13H,2-8,12H2,1H3. The van der Waals surface area contributed by atoms with E-state index in [0.29, 0.717) is 0 Å². The van der Waals surface area contributed by atoms with Gasteiger partial charge < -0.3 is 10.8 Å². The Balaban J connectivity index is 2.15. The van der Waals surface area contributed by atoms with Crippen LogP contribution in [0.15, 0.2) is 0 Å². The van der Waals surface area contributed by atoms with Gasteiger partial charge in [-0.2, -0.15) is 0 Å². The fraction of sp³-hybridized carbons (Fsp3) is 1.00. The third kappa shape index (κ3) is 4.10. The summed E-state index contributed by atoms with van der Waals surface area (Å²) >= 11 is 0. The maximum Gasteiger partial charge on any atom is 0.0514 e. The predicted octanol–water partition coefficient (Wildman–Crippen LogP) is 1.91. The lowest BCUT2D eigenvalue weighted by molar-refractivity contribution is 0.136. The second kappa shape index (κ2) is 5.61. The summed E-state index contributed by atoms with van der Waals surface area (Å²) in [7, 11) is 0. The first-order chi connectivity index (χ1) is 6.22. The zero-order valence-corrected chi connectivity index (χ0v) is 8.71. The van der Waals surface area contributed by atoms with Crippen molar-refractivity contribution in [3.63, 3.8) is 0 Å². The molecule has 1 aliphatic rings. The lowest BCUT2D eigenvalue weighted by Crippen LogP contribution is -2.20. The van der Waals surface area contributed by atoms with Gasteiger partial charge in [0.05, 0.1) is 6.10 Å². The Labute approximate surface area is 81.5 Å². The van der Waals surface area contributed by atoms with E-state index in [1.54, 1.807) is 0 Å². The molecular formula is C11H23NO. The Morgan fingerprint density at radius 3 is 2.23 bits per heavy atom. The number of aliphatic hydroxyl groups excluding tert-OH is 1. The maximum absolute atomic E-state index is 9.25. The average molecular weight is 185 g/mol. The molecule has 1 rings (SSSR count). The summed E-state index contributed by atoms with van der Waals surface area (Å²) in [6.45, 7) is 2.73. The lowest BCUT2D eigenvalue weighted by atomic mass is 9.78. The summed E-state index contributed by atoms with van der Waals surface area (Å²) in [6, 6.07) is 0. The lowest BCUT2D eigenvalue weighted by Gasteiger charge is -2.28. The first-order valence-electron chi connectivity index (χ1n) is 5.60. The second-order valence-corrected chi connectivity index (χ2v) is 4.55. The molecule has 0 radical (unpaired) electrons. The molecular weight excluding hydrogens is 162 g/mol. The molecule has 3 N–H and O–H groups in total. The van der Waals surface area contributed by atoms with E-state index >= 15 is 0 Å². The van der Waals surface area contributed by atoms with Crippen molar-refractivity contribution in [1.82, 2.24) is 0 Å². The molecule has 1 saturated carbocycles. The summed E-state index contributed by atoms with van der Waals surface area (Å²) < 4.78 is 0. The fourth-order valence-electron chi connectivity index (χ4n) is 2.47. The number of hydrogen-bond acceptors (Lipinski definition) is 2. The Hall–Kier alpha value is -0.0800. The maximum atomic E-state index is 9.25. The molecule has 0 aromatic heterocycles. The van der Waals surface area contributed by atoms with Gasteiger partial charge in [0, 0.05) is 0 Å². The molecule has 78 valence electrons. The van der Waals surface area contributed by atoms with Crippen LogP contribution in [0.1, 0.15) is 45.4 Å². The van der Waals surface area contributed by atoms with Gasteiger partial charge in [-0.05, 0) is 38.1 Å². The monoisotopic (exact) mass is 185 g/mol. The van der Waals surface area contributed by atoms with E-state index in [9.17, 15) is 5.11 Å². The number of hydrogen-bond donors (Lipinski definition) is 2. The molecule has 0 heterocycles. The fourth-order valence-corrected chi connectivity index (χ4v) is 2.47. The largest absolute Gasteiger partial charge is 0.393 e. The van der Waals surface area contributed by atoms with Gasteiger partial charge in [-0.3, -0.25) is 0 Å². The molecule has 13 heavy (non-hydrogen) atoms. The van der Waals surface area contributed by atoms with Crippen molar-refractivity contribution >= 4 is 0 Å². The van der Waals surface area contributed by atoms with Crippen molar-refractivity contribution in [2.24, 2.45) is 17.6 Å². The van der Waals surface area contributed by atoms with Gasteiger partial charge in [0.2, 0.25) is 0 Å². The minimum Gasteiger partial charge on any atom is -0.393 e. The van der Waals surface area contributed by atoms with E-state index < -0.39 is 0 Å². The first-order valence-corrected chi connectivity index (χ1v) is 5.60. The van der Waals surface area contributed by atoms with Crippen LogP contribution < -0.4 is 5.73 Å². The first kappa shape index (κ1) is 11.0. The van der Waals surface area contributed by atoms with Crippen LogP contribution in [-0.4, -0.2) is 17.8 Å². The van der Waals surface area contributed by atoms with Crippen LogP contribution in [0.25, 0.3) is 0 Å². The van der Waals surface area contributed by atoms with Gasteiger partial charge in [-0.15, -0.1) is 0 Å². The van der Waals surface area contributed by atoms with Gasteiger partial charge in [0.15, 0.2) is 0 Å². The normalized spacial score (nSPS) is 31.6. The third-order valence-electron chi connectivity index (χ3n) is 3.22. The van der Waals surface area contributed by atoms with Crippen molar-refractivity contribution in [2.75, 3.05) is 6.54 Å². The molecule has 0 aromatic carbocycles. The van der Waals surface area contributed by atoms with Crippen molar-refractivity contribution in [3.05, 3.63) is 0 Å². The number of nitrogens with two attached hydrogens (primary N) is 1. The highest BCUT2D eigenvalue weighted by Gasteiger charge is 2.21. The summed E-state index contributed by atoms with van der Waals surface area (Å²) in [6.07, 6.45) is 7.33. The Morgan fingerprint density at radius 1 is 1.23 bits per heavy atom. The summed E-state index contributed by atoms with van der Waals surface area (Å²) in [4.78, 5) is 0. The molecule has 1 aliphatic carbocycles. The average Bonchev–Trinajstić information content (AvgIpc) is 2.08. The highest BCUT2D eigenvalue weighted by atomic mass is 16.3. The van der Waals surface area contributed by atoms with Crippen LogP contribution in [0.4, 0.5) is 0 Å².